The summed E-state index contributed by atoms with van der Waals surface area (Å²) in [6, 6.07) is 1.99. The van der Waals surface area contributed by atoms with Gasteiger partial charge in [0.2, 0.25) is 0 Å². The lowest BCUT2D eigenvalue weighted by Gasteiger charge is -2.06. The summed E-state index contributed by atoms with van der Waals surface area (Å²) in [6.45, 7) is 4.42. The van der Waals surface area contributed by atoms with E-state index in [1.165, 1.54) is 0 Å². The van der Waals surface area contributed by atoms with Crippen molar-refractivity contribution in [1.29, 1.82) is 0 Å². The van der Waals surface area contributed by atoms with Gasteiger partial charge in [-0.05, 0) is 23.1 Å². The number of anilines is 1. The minimum Gasteiger partial charge on any atom is -0.308 e. The van der Waals surface area contributed by atoms with Crippen LogP contribution in [0.2, 0.25) is 0 Å². The number of nitrogens with one attached hydrogen (secondary N) is 1. The third-order valence-electron chi connectivity index (χ3n) is 2.19. The summed E-state index contributed by atoms with van der Waals surface area (Å²) >= 11 is 3.47. The number of nitrogen functional groups attached to an aromatic ring is 1. The Kier molecular flexibility index (Phi) is 4.20. The van der Waals surface area contributed by atoms with Gasteiger partial charge in [0.25, 0.3) is 0 Å². The van der Waals surface area contributed by atoms with Crippen molar-refractivity contribution in [3.8, 4) is 0 Å². The van der Waals surface area contributed by atoms with Crippen molar-refractivity contribution in [2.75, 3.05) is 11.2 Å². The second-order valence-electron chi connectivity index (χ2n) is 4.18. The van der Waals surface area contributed by atoms with Crippen LogP contribution in [0.3, 0.4) is 0 Å². The number of aromatic nitrogens is 2. The zero-order chi connectivity index (χ0) is 12.3. The van der Waals surface area contributed by atoms with E-state index in [0.29, 0.717) is 5.92 Å². The Labute approximate surface area is 109 Å². The normalized spacial score (nSPS) is 11.3. The van der Waals surface area contributed by atoms with Crippen molar-refractivity contribution in [1.82, 2.24) is 9.97 Å². The fraction of sp³-hybridized carbons (Fsp3) is 0.455. The Hall–Kier alpha value is -0.850. The number of nitrogens with zero attached hydrogens (tertiary/aromatic N) is 2. The molecule has 2 heterocycles. The molecule has 6 heteroatoms. The molecular weight excluding hydrogens is 252 g/mol. The van der Waals surface area contributed by atoms with Gasteiger partial charge in [-0.3, -0.25) is 0 Å². The number of hydrogen-bond donors (Lipinski definition) is 2. The molecule has 92 valence electrons. The largest absolute Gasteiger partial charge is 0.308 e. The summed E-state index contributed by atoms with van der Waals surface area (Å²) in [5.41, 5.74) is 2.64. The van der Waals surface area contributed by atoms with E-state index in [0.717, 1.165) is 33.4 Å². The van der Waals surface area contributed by atoms with Crippen LogP contribution in [-0.2, 0) is 5.75 Å². The molecule has 0 radical (unpaired) electrons. The van der Waals surface area contributed by atoms with Crippen molar-refractivity contribution in [2.24, 2.45) is 11.8 Å². The van der Waals surface area contributed by atoms with Gasteiger partial charge in [-0.2, -0.15) is 11.8 Å². The molecule has 0 fully saturated rings. The highest BCUT2D eigenvalue weighted by atomic mass is 32.2. The molecule has 0 saturated heterocycles. The van der Waals surface area contributed by atoms with Crippen molar-refractivity contribution in [3.63, 3.8) is 0 Å². The minimum absolute atomic E-state index is 0.692. The lowest BCUT2D eigenvalue weighted by atomic mass is 10.3. The van der Waals surface area contributed by atoms with Gasteiger partial charge in [0.15, 0.2) is 5.82 Å². The number of thioether (sulfide) groups is 1. The van der Waals surface area contributed by atoms with Gasteiger partial charge in [-0.15, -0.1) is 11.3 Å². The fourth-order valence-electron chi connectivity index (χ4n) is 1.46. The van der Waals surface area contributed by atoms with Gasteiger partial charge < -0.3 is 5.43 Å². The molecule has 2 aromatic heterocycles. The van der Waals surface area contributed by atoms with E-state index in [1.54, 1.807) is 11.3 Å². The Bertz CT molecular complexity index is 495. The molecule has 0 amide bonds. The van der Waals surface area contributed by atoms with Crippen molar-refractivity contribution in [2.45, 2.75) is 19.6 Å². The standard InChI is InChI=1S/C11H16N4S2/c1-7(2)5-16-6-9-13-10(15-12)8-3-4-17-11(8)14-9/h3-4,7H,5-6,12H2,1-2H3,(H,13,14,15). The second kappa shape index (κ2) is 5.66. The van der Waals surface area contributed by atoms with Crippen LogP contribution in [0.4, 0.5) is 5.82 Å². The van der Waals surface area contributed by atoms with Crippen LogP contribution in [0.5, 0.6) is 0 Å². The molecule has 0 bridgehead atoms. The monoisotopic (exact) mass is 268 g/mol. The van der Waals surface area contributed by atoms with Crippen LogP contribution in [0.25, 0.3) is 10.2 Å². The summed E-state index contributed by atoms with van der Waals surface area (Å²) in [5, 5.41) is 3.00. The predicted molar refractivity (Wildman–Crippen MR) is 76.2 cm³/mol. The number of fused-ring (bicyclic) bond motifs is 1. The van der Waals surface area contributed by atoms with E-state index in [2.05, 4.69) is 29.2 Å². The van der Waals surface area contributed by atoms with E-state index in [9.17, 15) is 0 Å². The van der Waals surface area contributed by atoms with Crippen LogP contribution in [0.1, 0.15) is 19.7 Å². The SMILES string of the molecule is CC(C)CSCc1nc(NN)c2ccsc2n1. The summed E-state index contributed by atoms with van der Waals surface area (Å²) in [6.07, 6.45) is 0. The van der Waals surface area contributed by atoms with Gasteiger partial charge in [0.05, 0.1) is 11.1 Å². The Morgan fingerprint density at radius 1 is 1.47 bits per heavy atom. The molecule has 2 aromatic rings. The molecule has 0 aliphatic heterocycles. The highest BCUT2D eigenvalue weighted by Gasteiger charge is 2.08. The third-order valence-corrected chi connectivity index (χ3v) is 4.36. The lowest BCUT2D eigenvalue weighted by molar-refractivity contribution is 0.750. The van der Waals surface area contributed by atoms with Gasteiger partial charge in [-0.25, -0.2) is 15.8 Å². The maximum atomic E-state index is 5.48. The van der Waals surface area contributed by atoms with E-state index < -0.39 is 0 Å². The number of rotatable bonds is 5. The molecule has 0 unspecified atom stereocenters. The Morgan fingerprint density at radius 2 is 2.29 bits per heavy atom. The number of thiophene rings is 1. The molecule has 0 saturated carbocycles. The van der Waals surface area contributed by atoms with E-state index >= 15 is 0 Å². The maximum absolute atomic E-state index is 5.48. The molecule has 4 nitrogen and oxygen atoms in total. The van der Waals surface area contributed by atoms with Gasteiger partial charge in [-0.1, -0.05) is 13.8 Å². The first kappa shape index (κ1) is 12.6. The zero-order valence-corrected chi connectivity index (χ0v) is 11.6. The molecule has 0 atom stereocenters. The first-order valence-electron chi connectivity index (χ1n) is 5.49. The predicted octanol–water partition coefficient (Wildman–Crippen LogP) is 2.87. The first-order valence-corrected chi connectivity index (χ1v) is 7.52. The second-order valence-corrected chi connectivity index (χ2v) is 6.11. The van der Waals surface area contributed by atoms with Crippen molar-refractivity contribution >= 4 is 39.1 Å². The van der Waals surface area contributed by atoms with Gasteiger partial charge in [0, 0.05) is 0 Å². The van der Waals surface area contributed by atoms with Crippen LogP contribution in [-0.4, -0.2) is 15.7 Å². The van der Waals surface area contributed by atoms with E-state index in [-0.39, 0.29) is 0 Å². The maximum Gasteiger partial charge on any atom is 0.152 e. The molecule has 0 spiro atoms. The smallest absolute Gasteiger partial charge is 0.152 e. The molecule has 2 rings (SSSR count). The van der Waals surface area contributed by atoms with Crippen LogP contribution in [0.15, 0.2) is 11.4 Å². The topological polar surface area (TPSA) is 63.8 Å². The van der Waals surface area contributed by atoms with E-state index in [1.807, 2.05) is 23.2 Å². The third kappa shape index (κ3) is 3.08. The molecular formula is C11H16N4S2. The first-order chi connectivity index (χ1) is 8.20. The molecule has 0 aromatic carbocycles. The van der Waals surface area contributed by atoms with Crippen LogP contribution < -0.4 is 11.3 Å². The minimum atomic E-state index is 0.692. The number of hydrazine groups is 1. The highest BCUT2D eigenvalue weighted by molar-refractivity contribution is 7.98. The quantitative estimate of drug-likeness (QED) is 0.645. The molecule has 3 N–H and O–H groups in total. The molecule has 0 aliphatic carbocycles. The summed E-state index contributed by atoms with van der Waals surface area (Å²) in [4.78, 5) is 9.95. The Balaban J connectivity index is 2.17. The van der Waals surface area contributed by atoms with Crippen molar-refractivity contribution in [3.05, 3.63) is 17.3 Å². The van der Waals surface area contributed by atoms with E-state index in [4.69, 9.17) is 5.84 Å². The average molecular weight is 268 g/mol. The summed E-state index contributed by atoms with van der Waals surface area (Å²) in [7, 11) is 0. The van der Waals surface area contributed by atoms with Crippen LogP contribution >= 0.6 is 23.1 Å². The number of hydrogen-bond acceptors (Lipinski definition) is 6. The Morgan fingerprint density at radius 3 is 3.00 bits per heavy atom. The van der Waals surface area contributed by atoms with Gasteiger partial charge in [0.1, 0.15) is 10.7 Å². The zero-order valence-electron chi connectivity index (χ0n) is 9.93. The highest BCUT2D eigenvalue weighted by Crippen LogP contribution is 2.25. The average Bonchev–Trinajstić information content (AvgIpc) is 2.75. The lowest BCUT2D eigenvalue weighted by Crippen LogP contribution is -2.10. The molecule has 0 aliphatic rings. The van der Waals surface area contributed by atoms with Crippen LogP contribution in [0, 0.1) is 5.92 Å². The number of nitrogens with two attached hydrogens (primary N) is 1. The fourth-order valence-corrected chi connectivity index (χ4v) is 3.14. The molecule has 17 heavy (non-hydrogen) atoms. The summed E-state index contributed by atoms with van der Waals surface area (Å²) < 4.78 is 0. The summed E-state index contributed by atoms with van der Waals surface area (Å²) in [5.74, 6) is 9.69. The van der Waals surface area contributed by atoms with Gasteiger partial charge >= 0.3 is 0 Å². The van der Waals surface area contributed by atoms with Crippen molar-refractivity contribution < 1.29 is 0 Å².